The van der Waals surface area contributed by atoms with Crippen molar-refractivity contribution in [3.8, 4) is 17.0 Å². The zero-order valence-corrected chi connectivity index (χ0v) is 21.5. The normalized spacial score (nSPS) is 12.9. The Hall–Kier alpha value is -5.05. The number of hydrogen-bond donors (Lipinski definition) is 2. The minimum atomic E-state index is -0.317. The van der Waals surface area contributed by atoms with Crippen molar-refractivity contribution in [2.45, 2.75) is 0 Å². The Kier molecular flexibility index (Phi) is 6.82. The second-order valence-corrected chi connectivity index (χ2v) is 8.88. The van der Waals surface area contributed by atoms with Gasteiger partial charge in [0.1, 0.15) is 17.9 Å². The summed E-state index contributed by atoms with van der Waals surface area (Å²) in [5.41, 5.74) is 4.89. The minimum Gasteiger partial charge on any atom is -0.494 e. The van der Waals surface area contributed by atoms with Gasteiger partial charge in [-0.05, 0) is 24.3 Å². The summed E-state index contributed by atoms with van der Waals surface area (Å²) in [6.07, 6.45) is 12.7. The number of hydrogen-bond acceptors (Lipinski definition) is 7. The molecule has 0 bridgehead atoms. The first-order valence-corrected chi connectivity index (χ1v) is 12.1. The Morgan fingerprint density at radius 1 is 1.08 bits per heavy atom. The van der Waals surface area contributed by atoms with Crippen LogP contribution in [0.2, 0.25) is 0 Å². The fourth-order valence-electron chi connectivity index (χ4n) is 4.37. The quantitative estimate of drug-likeness (QED) is 0.331. The molecule has 5 rings (SSSR count). The van der Waals surface area contributed by atoms with Gasteiger partial charge in [0.05, 0.1) is 29.9 Å². The Morgan fingerprint density at radius 3 is 2.74 bits per heavy atom. The molecule has 0 radical (unpaired) electrons. The summed E-state index contributed by atoms with van der Waals surface area (Å²) < 4.78 is 7.82. The molecule has 1 amide bonds. The van der Waals surface area contributed by atoms with Crippen molar-refractivity contribution in [1.82, 2.24) is 19.4 Å². The molecular weight excluding hydrogens is 478 g/mol. The van der Waals surface area contributed by atoms with Crippen molar-refractivity contribution in [1.29, 1.82) is 0 Å². The van der Waals surface area contributed by atoms with E-state index >= 15 is 0 Å². The fourth-order valence-corrected chi connectivity index (χ4v) is 4.37. The van der Waals surface area contributed by atoms with E-state index in [2.05, 4.69) is 50.1 Å². The van der Waals surface area contributed by atoms with Crippen LogP contribution in [0.1, 0.15) is 0 Å². The summed E-state index contributed by atoms with van der Waals surface area (Å²) in [5, 5.41) is 7.37. The van der Waals surface area contributed by atoms with Crippen molar-refractivity contribution in [3.05, 3.63) is 92.3 Å². The van der Waals surface area contributed by atoms with Crippen LogP contribution in [0.5, 0.6) is 5.75 Å². The Morgan fingerprint density at radius 2 is 1.92 bits per heavy atom. The van der Waals surface area contributed by atoms with Crippen LogP contribution in [0.25, 0.3) is 22.2 Å². The number of nitrogens with zero attached hydrogens (tertiary/aromatic N) is 5. The zero-order valence-electron chi connectivity index (χ0n) is 21.5. The number of carbonyl (C=O) groups excluding carboxylic acids is 1. The first kappa shape index (κ1) is 24.6. The van der Waals surface area contributed by atoms with E-state index in [1.807, 2.05) is 78.9 Å². The molecule has 0 fully saturated rings. The highest BCUT2D eigenvalue weighted by Gasteiger charge is 2.17. The molecular formula is C29H29N7O2. The van der Waals surface area contributed by atoms with Crippen molar-refractivity contribution in [3.63, 3.8) is 0 Å². The average Bonchev–Trinajstić information content (AvgIpc) is 3.11. The number of para-hydroxylation sites is 1. The predicted molar refractivity (Wildman–Crippen MR) is 152 cm³/mol. The molecule has 1 aliphatic heterocycles. The molecule has 0 saturated heterocycles. The SMILES string of the molecule is C=CC(=O)Nc1cc(Nc2cc(-c3cn(C)c4ccccc34)ncn2)c(OC)cc1N1C=CCN(C)C=C1. The van der Waals surface area contributed by atoms with Crippen LogP contribution >= 0.6 is 0 Å². The van der Waals surface area contributed by atoms with Crippen LogP contribution in [0, 0.1) is 0 Å². The molecule has 4 aromatic rings. The number of nitrogens with one attached hydrogen (secondary N) is 2. The number of fused-ring (bicyclic) bond motifs is 1. The molecule has 2 aromatic heterocycles. The molecule has 0 spiro atoms. The van der Waals surface area contributed by atoms with Gasteiger partial charge in [-0.15, -0.1) is 0 Å². The molecule has 0 saturated carbocycles. The van der Waals surface area contributed by atoms with E-state index in [0.717, 1.165) is 34.4 Å². The number of likely N-dealkylation sites (N-methyl/N-ethyl adjacent to an activating group) is 1. The van der Waals surface area contributed by atoms with E-state index in [1.165, 1.54) is 12.4 Å². The second-order valence-electron chi connectivity index (χ2n) is 8.88. The molecule has 2 N–H and O–H groups in total. The van der Waals surface area contributed by atoms with Crippen LogP contribution in [0.4, 0.5) is 22.9 Å². The second kappa shape index (κ2) is 10.5. The first-order valence-electron chi connectivity index (χ1n) is 12.1. The van der Waals surface area contributed by atoms with Crippen LogP contribution in [0.15, 0.2) is 92.3 Å². The third-order valence-corrected chi connectivity index (χ3v) is 6.28. The van der Waals surface area contributed by atoms with Gasteiger partial charge in [-0.2, -0.15) is 0 Å². The molecule has 2 aromatic carbocycles. The van der Waals surface area contributed by atoms with Crippen molar-refractivity contribution < 1.29 is 9.53 Å². The van der Waals surface area contributed by atoms with Crippen molar-refractivity contribution in [2.24, 2.45) is 7.05 Å². The lowest BCUT2D eigenvalue weighted by Gasteiger charge is -2.22. The van der Waals surface area contributed by atoms with Gasteiger partial charge in [-0.25, -0.2) is 9.97 Å². The third kappa shape index (κ3) is 4.94. The molecule has 0 unspecified atom stereocenters. The highest BCUT2D eigenvalue weighted by molar-refractivity contribution is 6.02. The topological polar surface area (TPSA) is 87.5 Å². The molecule has 192 valence electrons. The van der Waals surface area contributed by atoms with E-state index in [0.29, 0.717) is 22.9 Å². The number of aryl methyl sites for hydroxylation is 1. The summed E-state index contributed by atoms with van der Waals surface area (Å²) in [7, 11) is 5.62. The number of rotatable bonds is 7. The average molecular weight is 508 g/mol. The summed E-state index contributed by atoms with van der Waals surface area (Å²) in [6, 6.07) is 13.8. The summed E-state index contributed by atoms with van der Waals surface area (Å²) in [5.74, 6) is 0.857. The molecule has 0 atom stereocenters. The lowest BCUT2D eigenvalue weighted by Crippen LogP contribution is -2.14. The number of amides is 1. The molecule has 0 aliphatic carbocycles. The molecule has 3 heterocycles. The summed E-state index contributed by atoms with van der Waals surface area (Å²) >= 11 is 0. The lowest BCUT2D eigenvalue weighted by molar-refractivity contribution is -0.111. The van der Waals surface area contributed by atoms with E-state index in [-0.39, 0.29) is 5.91 Å². The Bertz CT molecular complexity index is 1570. The highest BCUT2D eigenvalue weighted by Crippen LogP contribution is 2.39. The largest absolute Gasteiger partial charge is 0.494 e. The lowest BCUT2D eigenvalue weighted by atomic mass is 10.1. The number of anilines is 4. The summed E-state index contributed by atoms with van der Waals surface area (Å²) in [4.78, 5) is 25.2. The van der Waals surface area contributed by atoms with Crippen LogP contribution in [0.3, 0.4) is 0 Å². The maximum Gasteiger partial charge on any atom is 0.247 e. The van der Waals surface area contributed by atoms with Gasteiger partial charge in [0.2, 0.25) is 5.91 Å². The number of aromatic nitrogens is 3. The zero-order chi connectivity index (χ0) is 26.6. The van der Waals surface area contributed by atoms with Gasteiger partial charge < -0.3 is 29.7 Å². The van der Waals surface area contributed by atoms with Gasteiger partial charge in [0.25, 0.3) is 0 Å². The van der Waals surface area contributed by atoms with Crippen molar-refractivity contribution >= 4 is 39.7 Å². The van der Waals surface area contributed by atoms with Crippen LogP contribution in [-0.4, -0.2) is 46.0 Å². The van der Waals surface area contributed by atoms with E-state index < -0.39 is 0 Å². The monoisotopic (exact) mass is 507 g/mol. The predicted octanol–water partition coefficient (Wildman–Crippen LogP) is 5.25. The van der Waals surface area contributed by atoms with Crippen LogP contribution < -0.4 is 20.3 Å². The first-order chi connectivity index (χ1) is 18.5. The van der Waals surface area contributed by atoms with Gasteiger partial charge >= 0.3 is 0 Å². The maximum absolute atomic E-state index is 12.3. The molecule has 9 nitrogen and oxygen atoms in total. The van der Waals surface area contributed by atoms with Gasteiger partial charge in [-0.3, -0.25) is 4.79 Å². The van der Waals surface area contributed by atoms with Gasteiger partial charge in [0, 0.05) is 74.0 Å². The standard InChI is InChI=1S/C29H29N7O2/c1-5-29(37)33-23-15-24(27(38-4)17-26(23)36-12-8-11-34(2)13-14-36)32-28-16-22(30-19-31-28)21-18-35(3)25-10-7-6-9-20(21)25/h5-10,12-19H,1,11H2,2-4H3,(H,33,37)(H,30,31,32). The van der Waals surface area contributed by atoms with E-state index in [9.17, 15) is 4.79 Å². The van der Waals surface area contributed by atoms with Crippen LogP contribution in [-0.2, 0) is 11.8 Å². The smallest absolute Gasteiger partial charge is 0.247 e. The number of benzene rings is 2. The van der Waals surface area contributed by atoms with Crippen molar-refractivity contribution in [2.75, 3.05) is 36.2 Å². The highest BCUT2D eigenvalue weighted by atomic mass is 16.5. The number of ether oxygens (including phenoxy) is 1. The van der Waals surface area contributed by atoms with E-state index in [1.54, 1.807) is 7.11 Å². The third-order valence-electron chi connectivity index (χ3n) is 6.28. The minimum absolute atomic E-state index is 0.317. The Balaban J connectivity index is 1.54. The van der Waals surface area contributed by atoms with E-state index in [4.69, 9.17) is 4.74 Å². The fraction of sp³-hybridized carbons (Fsp3) is 0.138. The number of methoxy groups -OCH3 is 1. The molecule has 38 heavy (non-hydrogen) atoms. The van der Waals surface area contributed by atoms with Gasteiger partial charge in [-0.1, -0.05) is 24.8 Å². The molecule has 9 heteroatoms. The maximum atomic E-state index is 12.3. The Labute approximate surface area is 221 Å². The number of carbonyl (C=O) groups is 1. The van der Waals surface area contributed by atoms with Gasteiger partial charge in [0.15, 0.2) is 0 Å². The summed E-state index contributed by atoms with van der Waals surface area (Å²) in [6.45, 7) is 4.36. The molecule has 1 aliphatic rings.